The van der Waals surface area contributed by atoms with Gasteiger partial charge >= 0.3 is 5.97 Å². The molecule has 1 unspecified atom stereocenters. The van der Waals surface area contributed by atoms with Crippen molar-refractivity contribution in [2.24, 2.45) is 0 Å². The van der Waals surface area contributed by atoms with E-state index >= 15 is 0 Å². The summed E-state index contributed by atoms with van der Waals surface area (Å²) in [6.07, 6.45) is 0. The molecule has 1 N–H and O–H groups in total. The van der Waals surface area contributed by atoms with Crippen LogP contribution in [0.2, 0.25) is 0 Å². The molecule has 0 heterocycles. The van der Waals surface area contributed by atoms with Crippen LogP contribution in [-0.4, -0.2) is 21.5 Å². The van der Waals surface area contributed by atoms with Gasteiger partial charge in [0.2, 0.25) is 10.0 Å². The second-order valence-corrected chi connectivity index (χ2v) is 6.46. The summed E-state index contributed by atoms with van der Waals surface area (Å²) in [6, 6.07) is 11.2. The second kappa shape index (κ2) is 7.21. The molecule has 124 valence electrons. The van der Waals surface area contributed by atoms with Gasteiger partial charge in [0.05, 0.1) is 17.6 Å². The zero-order valence-electron chi connectivity index (χ0n) is 12.6. The number of ether oxygens (including phenoxy) is 1. The molecule has 2 aromatic carbocycles. The summed E-state index contributed by atoms with van der Waals surface area (Å²) in [7, 11) is -3.04. The Balaban J connectivity index is 2.41. The van der Waals surface area contributed by atoms with Gasteiger partial charge < -0.3 is 4.74 Å². The highest BCUT2D eigenvalue weighted by Crippen LogP contribution is 2.20. The number of methoxy groups -OCH3 is 1. The first-order valence-electron chi connectivity index (χ1n) is 6.74. The summed E-state index contributed by atoms with van der Waals surface area (Å²) in [5.74, 6) is -1.63. The van der Waals surface area contributed by atoms with Gasteiger partial charge in [-0.2, -0.15) is 9.98 Å². The summed E-state index contributed by atoms with van der Waals surface area (Å²) in [6.45, 7) is 0. The Morgan fingerprint density at radius 2 is 1.92 bits per heavy atom. The highest BCUT2D eigenvalue weighted by atomic mass is 32.2. The molecule has 0 aliphatic heterocycles. The van der Waals surface area contributed by atoms with Crippen LogP contribution in [0.15, 0.2) is 53.4 Å². The third-order valence-corrected chi connectivity index (χ3v) is 4.63. The Labute approximate surface area is 138 Å². The lowest BCUT2D eigenvalue weighted by molar-refractivity contribution is -0.142. The fraction of sp³-hybridized carbons (Fsp3) is 0.125. The van der Waals surface area contributed by atoms with E-state index < -0.39 is 33.4 Å². The van der Waals surface area contributed by atoms with E-state index in [0.717, 1.165) is 25.3 Å². The molecular formula is C16H13FN2O4S. The van der Waals surface area contributed by atoms with E-state index in [2.05, 4.69) is 9.46 Å². The Kier molecular flexibility index (Phi) is 5.28. The summed E-state index contributed by atoms with van der Waals surface area (Å²) < 4.78 is 45.1. The van der Waals surface area contributed by atoms with Crippen molar-refractivity contribution >= 4 is 16.0 Å². The summed E-state index contributed by atoms with van der Waals surface area (Å²) in [5.41, 5.74) is -0.0252. The van der Waals surface area contributed by atoms with Crippen LogP contribution in [0.5, 0.6) is 0 Å². The number of sulfonamides is 1. The van der Waals surface area contributed by atoms with Crippen molar-refractivity contribution in [3.05, 3.63) is 65.5 Å². The number of benzene rings is 2. The molecule has 0 bridgehead atoms. The number of nitriles is 1. The lowest BCUT2D eigenvalue weighted by Crippen LogP contribution is -2.34. The number of hydrogen-bond acceptors (Lipinski definition) is 5. The fourth-order valence-electron chi connectivity index (χ4n) is 2.00. The number of halogens is 1. The number of carbonyl (C=O) groups excluding carboxylic acids is 1. The molecule has 2 aromatic rings. The van der Waals surface area contributed by atoms with Crippen molar-refractivity contribution in [3.63, 3.8) is 0 Å². The summed E-state index contributed by atoms with van der Waals surface area (Å²) >= 11 is 0. The predicted octanol–water partition coefficient (Wildman–Crippen LogP) is 1.89. The van der Waals surface area contributed by atoms with Crippen molar-refractivity contribution in [2.75, 3.05) is 7.11 Å². The number of hydrogen-bond donors (Lipinski definition) is 1. The molecule has 1 atom stereocenters. The Morgan fingerprint density at radius 1 is 1.25 bits per heavy atom. The zero-order valence-corrected chi connectivity index (χ0v) is 13.4. The third-order valence-electron chi connectivity index (χ3n) is 3.21. The first-order chi connectivity index (χ1) is 11.4. The van der Waals surface area contributed by atoms with Gasteiger partial charge in [-0.25, -0.2) is 17.6 Å². The monoisotopic (exact) mass is 348 g/mol. The van der Waals surface area contributed by atoms with Gasteiger partial charge in [-0.05, 0) is 23.8 Å². The fourth-order valence-corrected chi connectivity index (χ4v) is 3.19. The number of carbonyl (C=O) groups is 1. The van der Waals surface area contributed by atoms with Gasteiger partial charge in [0.15, 0.2) is 0 Å². The van der Waals surface area contributed by atoms with Gasteiger partial charge in [0, 0.05) is 0 Å². The summed E-state index contributed by atoms with van der Waals surface area (Å²) in [5, 5.41) is 8.82. The highest BCUT2D eigenvalue weighted by Gasteiger charge is 2.28. The number of nitrogens with zero attached hydrogens (tertiary/aromatic N) is 1. The molecule has 6 nitrogen and oxygen atoms in total. The molecule has 0 saturated carbocycles. The standard InChI is InChI=1S/C16H13FN2O4S/c1-23-16(20)15(11-5-3-2-4-6-11)19-24(21,22)13-7-8-14(17)12(9-13)10-18/h2-9,15,19H,1H3. The first kappa shape index (κ1) is 17.6. The van der Waals surface area contributed by atoms with E-state index in [-0.39, 0.29) is 4.90 Å². The maximum Gasteiger partial charge on any atom is 0.328 e. The molecular weight excluding hydrogens is 335 g/mol. The quantitative estimate of drug-likeness (QED) is 0.833. The van der Waals surface area contributed by atoms with Crippen molar-refractivity contribution in [2.45, 2.75) is 10.9 Å². The molecule has 24 heavy (non-hydrogen) atoms. The van der Waals surface area contributed by atoms with E-state index in [1.807, 2.05) is 0 Å². The molecule has 0 saturated heterocycles. The Hall–Kier alpha value is -2.76. The van der Waals surface area contributed by atoms with Gasteiger partial charge in [-0.15, -0.1) is 0 Å². The summed E-state index contributed by atoms with van der Waals surface area (Å²) in [4.78, 5) is 11.6. The van der Waals surface area contributed by atoms with Gasteiger partial charge in [0.1, 0.15) is 17.9 Å². The topological polar surface area (TPSA) is 96.3 Å². The number of nitrogens with one attached hydrogen (secondary N) is 1. The van der Waals surface area contributed by atoms with Gasteiger partial charge in [0.25, 0.3) is 0 Å². The van der Waals surface area contributed by atoms with Crippen molar-refractivity contribution < 1.29 is 22.3 Å². The smallest absolute Gasteiger partial charge is 0.328 e. The second-order valence-electron chi connectivity index (χ2n) is 4.74. The lowest BCUT2D eigenvalue weighted by Gasteiger charge is -2.17. The van der Waals surface area contributed by atoms with Crippen molar-refractivity contribution in [1.82, 2.24) is 4.72 Å². The molecule has 0 radical (unpaired) electrons. The predicted molar refractivity (Wildman–Crippen MR) is 82.6 cm³/mol. The molecule has 0 aliphatic rings. The van der Waals surface area contributed by atoms with Crippen LogP contribution in [0.3, 0.4) is 0 Å². The molecule has 0 aromatic heterocycles. The minimum absolute atomic E-state index is 0.328. The van der Waals surface area contributed by atoms with Gasteiger partial charge in [-0.1, -0.05) is 30.3 Å². The maximum atomic E-state index is 13.4. The maximum absolute atomic E-state index is 13.4. The molecule has 0 fully saturated rings. The van der Waals surface area contributed by atoms with Crippen LogP contribution in [0, 0.1) is 17.1 Å². The number of esters is 1. The molecule has 8 heteroatoms. The van der Waals surface area contributed by atoms with E-state index in [4.69, 9.17) is 5.26 Å². The van der Waals surface area contributed by atoms with Crippen LogP contribution in [0.4, 0.5) is 4.39 Å². The van der Waals surface area contributed by atoms with Crippen molar-refractivity contribution in [3.8, 4) is 6.07 Å². The minimum atomic E-state index is -4.18. The first-order valence-corrected chi connectivity index (χ1v) is 8.22. The SMILES string of the molecule is COC(=O)C(NS(=O)(=O)c1ccc(F)c(C#N)c1)c1ccccc1. The molecule has 0 aliphatic carbocycles. The number of rotatable bonds is 5. The lowest BCUT2D eigenvalue weighted by atomic mass is 10.1. The van der Waals surface area contributed by atoms with Crippen LogP contribution in [-0.2, 0) is 19.6 Å². The molecule has 0 amide bonds. The van der Waals surface area contributed by atoms with Crippen LogP contribution >= 0.6 is 0 Å². The van der Waals surface area contributed by atoms with Gasteiger partial charge in [-0.3, -0.25) is 0 Å². The van der Waals surface area contributed by atoms with E-state index in [9.17, 15) is 17.6 Å². The van der Waals surface area contributed by atoms with E-state index in [1.165, 1.54) is 0 Å². The van der Waals surface area contributed by atoms with E-state index in [1.54, 1.807) is 36.4 Å². The Bertz CT molecular complexity index is 892. The molecule has 0 spiro atoms. The largest absolute Gasteiger partial charge is 0.468 e. The highest BCUT2D eigenvalue weighted by molar-refractivity contribution is 7.89. The van der Waals surface area contributed by atoms with Crippen LogP contribution < -0.4 is 4.72 Å². The van der Waals surface area contributed by atoms with Crippen molar-refractivity contribution in [1.29, 1.82) is 5.26 Å². The Morgan fingerprint density at radius 3 is 2.50 bits per heavy atom. The average molecular weight is 348 g/mol. The molecule has 2 rings (SSSR count). The minimum Gasteiger partial charge on any atom is -0.468 e. The third kappa shape index (κ3) is 3.76. The van der Waals surface area contributed by atoms with E-state index in [0.29, 0.717) is 5.56 Å². The average Bonchev–Trinajstić information content (AvgIpc) is 2.60. The van der Waals surface area contributed by atoms with Crippen LogP contribution in [0.25, 0.3) is 0 Å². The normalized spacial score (nSPS) is 12.2. The van der Waals surface area contributed by atoms with Crippen LogP contribution in [0.1, 0.15) is 17.2 Å². The zero-order chi connectivity index (χ0) is 17.7.